The highest BCUT2D eigenvalue weighted by atomic mass is 79.9. The summed E-state index contributed by atoms with van der Waals surface area (Å²) < 4.78 is 1.73. The summed E-state index contributed by atoms with van der Waals surface area (Å²) >= 11 is 5.51. The average molecular weight is 278 g/mol. The molecule has 1 aromatic rings. The summed E-state index contributed by atoms with van der Waals surface area (Å²) in [7, 11) is 1.88. The molecule has 1 aliphatic rings. The normalized spacial score (nSPS) is 22.7. The number of hydrogen-bond acceptors (Lipinski definition) is 5. The number of thioether (sulfide) groups is 1. The first-order valence-electron chi connectivity index (χ1n) is 4.45. The van der Waals surface area contributed by atoms with Crippen molar-refractivity contribution in [2.24, 2.45) is 7.05 Å². The van der Waals surface area contributed by atoms with Crippen LogP contribution in [0, 0.1) is 0 Å². The van der Waals surface area contributed by atoms with Crippen molar-refractivity contribution in [1.82, 2.24) is 20.2 Å². The van der Waals surface area contributed by atoms with Crippen LogP contribution in [-0.4, -0.2) is 49.6 Å². The third kappa shape index (κ3) is 1.88. The van der Waals surface area contributed by atoms with E-state index in [4.69, 9.17) is 0 Å². The lowest BCUT2D eigenvalue weighted by molar-refractivity contribution is 0.643. The molecule has 0 aliphatic carbocycles. The van der Waals surface area contributed by atoms with Gasteiger partial charge in [-0.25, -0.2) is 4.68 Å². The number of aromatic nitrogens is 4. The first-order chi connectivity index (χ1) is 6.83. The highest BCUT2D eigenvalue weighted by molar-refractivity contribution is 9.09. The van der Waals surface area contributed by atoms with Crippen LogP contribution in [0.25, 0.3) is 0 Å². The Bertz CT molecular complexity index is 304. The number of aryl methyl sites for hydroxylation is 1. The van der Waals surface area contributed by atoms with Crippen LogP contribution in [0.1, 0.15) is 0 Å². The highest BCUT2D eigenvalue weighted by Crippen LogP contribution is 2.22. The maximum atomic E-state index is 4.04. The minimum Gasteiger partial charge on any atom is -0.334 e. The van der Waals surface area contributed by atoms with Crippen LogP contribution < -0.4 is 4.90 Å². The SMILES string of the molecule is Cn1nnnc1N1CCSCC1CBr. The third-order valence-corrected chi connectivity index (χ3v) is 4.10. The van der Waals surface area contributed by atoms with Crippen LogP contribution in [0.5, 0.6) is 0 Å². The Morgan fingerprint density at radius 2 is 2.50 bits per heavy atom. The molecule has 7 heteroatoms. The summed E-state index contributed by atoms with van der Waals surface area (Å²) in [6, 6.07) is 0.499. The van der Waals surface area contributed by atoms with Crippen LogP contribution in [0.2, 0.25) is 0 Å². The molecule has 1 atom stereocenters. The quantitative estimate of drug-likeness (QED) is 0.738. The Morgan fingerprint density at radius 3 is 3.14 bits per heavy atom. The number of alkyl halides is 1. The molecule has 2 heterocycles. The standard InChI is InChI=1S/C7H12BrN5S/c1-12-7(9-10-11-12)13-2-3-14-5-6(13)4-8/h6H,2-5H2,1H3. The molecule has 1 saturated heterocycles. The van der Waals surface area contributed by atoms with E-state index in [0.29, 0.717) is 6.04 Å². The van der Waals surface area contributed by atoms with E-state index in [-0.39, 0.29) is 0 Å². The van der Waals surface area contributed by atoms with Gasteiger partial charge in [-0.1, -0.05) is 21.0 Å². The summed E-state index contributed by atoms with van der Waals surface area (Å²) in [5, 5.41) is 12.5. The van der Waals surface area contributed by atoms with Crippen molar-refractivity contribution in [2.75, 3.05) is 28.3 Å². The largest absolute Gasteiger partial charge is 0.334 e. The van der Waals surface area contributed by atoms with Crippen LogP contribution in [0.3, 0.4) is 0 Å². The van der Waals surface area contributed by atoms with Crippen molar-refractivity contribution < 1.29 is 0 Å². The Balaban J connectivity index is 2.19. The molecule has 0 radical (unpaired) electrons. The summed E-state index contributed by atoms with van der Waals surface area (Å²) in [5.41, 5.74) is 0. The average Bonchev–Trinajstić information content (AvgIpc) is 2.64. The first kappa shape index (κ1) is 10.2. The van der Waals surface area contributed by atoms with Crippen LogP contribution in [-0.2, 0) is 7.05 Å². The second kappa shape index (κ2) is 4.48. The van der Waals surface area contributed by atoms with E-state index in [0.717, 1.165) is 29.3 Å². The number of tetrazole rings is 1. The molecule has 0 saturated carbocycles. The minimum absolute atomic E-state index is 0.499. The van der Waals surface area contributed by atoms with Crippen LogP contribution in [0.4, 0.5) is 5.95 Å². The van der Waals surface area contributed by atoms with Gasteiger partial charge in [-0.2, -0.15) is 11.8 Å². The van der Waals surface area contributed by atoms with Gasteiger partial charge in [0, 0.05) is 30.4 Å². The Kier molecular flexibility index (Phi) is 3.27. The maximum Gasteiger partial charge on any atom is 0.245 e. The van der Waals surface area contributed by atoms with Gasteiger partial charge < -0.3 is 4.90 Å². The van der Waals surface area contributed by atoms with Crippen molar-refractivity contribution in [3.63, 3.8) is 0 Å². The monoisotopic (exact) mass is 277 g/mol. The molecule has 14 heavy (non-hydrogen) atoms. The van der Waals surface area contributed by atoms with Gasteiger partial charge in [0.25, 0.3) is 0 Å². The second-order valence-electron chi connectivity index (χ2n) is 3.18. The van der Waals surface area contributed by atoms with Crippen LogP contribution in [0.15, 0.2) is 0 Å². The Hall–Kier alpha value is -0.300. The zero-order chi connectivity index (χ0) is 9.97. The number of halogens is 1. The number of anilines is 1. The van der Waals surface area contributed by atoms with Gasteiger partial charge in [0.05, 0.1) is 6.04 Å². The lowest BCUT2D eigenvalue weighted by Gasteiger charge is -2.34. The molecule has 0 aromatic carbocycles. The fourth-order valence-electron chi connectivity index (χ4n) is 1.51. The van der Waals surface area contributed by atoms with Gasteiger partial charge in [0.2, 0.25) is 5.95 Å². The van der Waals surface area contributed by atoms with Gasteiger partial charge in [-0.3, -0.25) is 0 Å². The molecule has 0 bridgehead atoms. The molecule has 78 valence electrons. The van der Waals surface area contributed by atoms with E-state index in [1.54, 1.807) is 4.68 Å². The smallest absolute Gasteiger partial charge is 0.245 e. The molecule has 0 N–H and O–H groups in total. The fraction of sp³-hybridized carbons (Fsp3) is 0.857. The van der Waals surface area contributed by atoms with E-state index >= 15 is 0 Å². The topological polar surface area (TPSA) is 46.8 Å². The van der Waals surface area contributed by atoms with Crippen molar-refractivity contribution in [3.8, 4) is 0 Å². The fourth-order valence-corrected chi connectivity index (χ4v) is 3.46. The molecule has 1 fully saturated rings. The molecule has 5 nitrogen and oxygen atoms in total. The lowest BCUT2D eigenvalue weighted by Crippen LogP contribution is -2.44. The van der Waals surface area contributed by atoms with E-state index in [1.165, 1.54) is 0 Å². The number of nitrogens with zero attached hydrogens (tertiary/aromatic N) is 5. The van der Waals surface area contributed by atoms with Gasteiger partial charge in [0.15, 0.2) is 0 Å². The van der Waals surface area contributed by atoms with Gasteiger partial charge >= 0.3 is 0 Å². The number of hydrogen-bond donors (Lipinski definition) is 0. The predicted octanol–water partition coefficient (Wildman–Crippen LogP) is 0.527. The van der Waals surface area contributed by atoms with Crippen molar-refractivity contribution >= 4 is 33.6 Å². The maximum absolute atomic E-state index is 4.04. The molecule has 0 spiro atoms. The Labute approximate surface area is 95.3 Å². The third-order valence-electron chi connectivity index (χ3n) is 2.26. The van der Waals surface area contributed by atoms with Gasteiger partial charge in [-0.15, -0.1) is 0 Å². The zero-order valence-electron chi connectivity index (χ0n) is 7.93. The molecule has 2 rings (SSSR count). The molecule has 1 aromatic heterocycles. The van der Waals surface area contributed by atoms with E-state index in [1.807, 2.05) is 18.8 Å². The summed E-state index contributed by atoms with van der Waals surface area (Å²) in [6.07, 6.45) is 0. The Morgan fingerprint density at radius 1 is 1.64 bits per heavy atom. The van der Waals surface area contributed by atoms with E-state index < -0.39 is 0 Å². The first-order valence-corrected chi connectivity index (χ1v) is 6.73. The molecule has 1 aliphatic heterocycles. The zero-order valence-corrected chi connectivity index (χ0v) is 10.3. The molecule has 1 unspecified atom stereocenters. The van der Waals surface area contributed by atoms with Gasteiger partial charge in [-0.05, 0) is 10.4 Å². The van der Waals surface area contributed by atoms with Crippen molar-refractivity contribution in [3.05, 3.63) is 0 Å². The summed E-state index contributed by atoms with van der Waals surface area (Å²) in [6.45, 7) is 1.02. The summed E-state index contributed by atoms with van der Waals surface area (Å²) in [5.74, 6) is 3.16. The molecular formula is C7H12BrN5S. The van der Waals surface area contributed by atoms with E-state index in [9.17, 15) is 0 Å². The minimum atomic E-state index is 0.499. The van der Waals surface area contributed by atoms with E-state index in [2.05, 4.69) is 36.4 Å². The molecular weight excluding hydrogens is 266 g/mol. The lowest BCUT2D eigenvalue weighted by atomic mass is 10.3. The second-order valence-corrected chi connectivity index (χ2v) is 4.98. The highest BCUT2D eigenvalue weighted by Gasteiger charge is 2.25. The van der Waals surface area contributed by atoms with Crippen LogP contribution >= 0.6 is 27.7 Å². The predicted molar refractivity (Wildman–Crippen MR) is 61.1 cm³/mol. The van der Waals surface area contributed by atoms with Crippen molar-refractivity contribution in [2.45, 2.75) is 6.04 Å². The van der Waals surface area contributed by atoms with Gasteiger partial charge in [0.1, 0.15) is 0 Å². The number of rotatable bonds is 2. The van der Waals surface area contributed by atoms with Crippen molar-refractivity contribution in [1.29, 1.82) is 0 Å². The summed E-state index contributed by atoms with van der Waals surface area (Å²) in [4.78, 5) is 2.27. The molecule has 0 amide bonds.